The predicted octanol–water partition coefficient (Wildman–Crippen LogP) is 4.44. The van der Waals surface area contributed by atoms with Gasteiger partial charge in [-0.2, -0.15) is 0 Å². The fraction of sp³-hybridized carbons (Fsp3) is 0.316. The van der Waals surface area contributed by atoms with Crippen molar-refractivity contribution in [1.82, 2.24) is 4.90 Å². The summed E-state index contributed by atoms with van der Waals surface area (Å²) in [6.07, 6.45) is 0. The zero-order chi connectivity index (χ0) is 16.1. The van der Waals surface area contributed by atoms with E-state index >= 15 is 0 Å². The summed E-state index contributed by atoms with van der Waals surface area (Å²) < 4.78 is 0. The van der Waals surface area contributed by atoms with Crippen LogP contribution < -0.4 is 0 Å². The van der Waals surface area contributed by atoms with Gasteiger partial charge in [0.25, 0.3) is 0 Å². The number of rotatable bonds is 5. The van der Waals surface area contributed by atoms with E-state index in [-0.39, 0.29) is 11.2 Å². The zero-order valence-corrected chi connectivity index (χ0v) is 14.5. The minimum absolute atomic E-state index is 0.0850. The Morgan fingerprint density at radius 1 is 1.00 bits per heavy atom. The molecule has 2 aromatic rings. The van der Waals surface area contributed by atoms with Gasteiger partial charge >= 0.3 is 0 Å². The van der Waals surface area contributed by atoms with Crippen LogP contribution in [0.4, 0.5) is 0 Å². The Kier molecular flexibility index (Phi) is 5.67. The maximum absolute atomic E-state index is 12.5. The van der Waals surface area contributed by atoms with Crippen molar-refractivity contribution in [3.05, 3.63) is 65.2 Å². The summed E-state index contributed by atoms with van der Waals surface area (Å²) >= 11 is 1.61. The molecule has 1 atom stereocenters. The minimum Gasteiger partial charge on any atom is -0.340 e. The van der Waals surface area contributed by atoms with Crippen LogP contribution in [0, 0.1) is 13.8 Å². The van der Waals surface area contributed by atoms with Crippen LogP contribution in [-0.2, 0) is 11.3 Å². The molecule has 0 N–H and O–H groups in total. The van der Waals surface area contributed by atoms with Gasteiger partial charge in [-0.25, -0.2) is 0 Å². The van der Waals surface area contributed by atoms with Gasteiger partial charge in [0.1, 0.15) is 0 Å². The van der Waals surface area contributed by atoms with Crippen molar-refractivity contribution in [3.63, 3.8) is 0 Å². The third-order valence-corrected chi connectivity index (χ3v) is 4.70. The Morgan fingerprint density at radius 3 is 2.05 bits per heavy atom. The van der Waals surface area contributed by atoms with Crippen LogP contribution in [0.15, 0.2) is 53.4 Å². The van der Waals surface area contributed by atoms with E-state index < -0.39 is 0 Å². The number of hydrogen-bond acceptors (Lipinski definition) is 2. The highest BCUT2D eigenvalue weighted by molar-refractivity contribution is 8.00. The van der Waals surface area contributed by atoms with Crippen LogP contribution in [0.25, 0.3) is 0 Å². The minimum atomic E-state index is -0.0850. The third kappa shape index (κ3) is 4.63. The molecule has 0 radical (unpaired) electrons. The molecule has 1 unspecified atom stereocenters. The molecule has 0 aromatic heterocycles. The second-order valence-electron chi connectivity index (χ2n) is 5.75. The Bertz CT molecular complexity index is 563. The van der Waals surface area contributed by atoms with Crippen LogP contribution in [-0.4, -0.2) is 23.1 Å². The van der Waals surface area contributed by atoms with Crippen LogP contribution in [0.3, 0.4) is 0 Å². The number of nitrogens with zero attached hydrogens (tertiary/aromatic N) is 1. The lowest BCUT2D eigenvalue weighted by Crippen LogP contribution is -2.32. The summed E-state index contributed by atoms with van der Waals surface area (Å²) in [5.74, 6) is 0.158. The number of hydrogen-bond donors (Lipinski definition) is 0. The lowest BCUT2D eigenvalue weighted by atomic mass is 10.1. The van der Waals surface area contributed by atoms with Crippen molar-refractivity contribution < 1.29 is 4.79 Å². The number of aryl methyl sites for hydroxylation is 2. The molecule has 0 saturated carbocycles. The van der Waals surface area contributed by atoms with Crippen LogP contribution >= 0.6 is 11.8 Å². The van der Waals surface area contributed by atoms with Gasteiger partial charge in [0.15, 0.2) is 0 Å². The van der Waals surface area contributed by atoms with Crippen LogP contribution in [0.5, 0.6) is 0 Å². The third-order valence-electron chi connectivity index (χ3n) is 3.60. The van der Waals surface area contributed by atoms with Crippen molar-refractivity contribution in [3.8, 4) is 0 Å². The molecule has 2 nitrogen and oxygen atoms in total. The number of thioether (sulfide) groups is 1. The number of amides is 1. The van der Waals surface area contributed by atoms with E-state index in [1.807, 2.05) is 14.0 Å². The van der Waals surface area contributed by atoms with E-state index in [1.165, 1.54) is 11.1 Å². The van der Waals surface area contributed by atoms with E-state index in [0.29, 0.717) is 6.54 Å². The fourth-order valence-electron chi connectivity index (χ4n) is 2.23. The van der Waals surface area contributed by atoms with Crippen molar-refractivity contribution in [2.75, 3.05) is 7.05 Å². The highest BCUT2D eigenvalue weighted by Gasteiger charge is 2.18. The van der Waals surface area contributed by atoms with Gasteiger partial charge in [-0.3, -0.25) is 4.79 Å². The van der Waals surface area contributed by atoms with Gasteiger partial charge in [0.2, 0.25) is 5.91 Å². The molecule has 116 valence electrons. The first-order valence-corrected chi connectivity index (χ1v) is 8.37. The number of carbonyl (C=O) groups excluding carboxylic acids is 1. The Morgan fingerprint density at radius 2 is 1.50 bits per heavy atom. The molecule has 0 saturated heterocycles. The SMILES string of the molecule is Cc1ccc(CN(C)C(=O)C(C)Sc2ccc(C)cc2)cc1. The van der Waals surface area contributed by atoms with E-state index in [4.69, 9.17) is 0 Å². The smallest absolute Gasteiger partial charge is 0.235 e. The van der Waals surface area contributed by atoms with Gasteiger partial charge in [0, 0.05) is 18.5 Å². The van der Waals surface area contributed by atoms with Crippen molar-refractivity contribution in [2.45, 2.75) is 37.5 Å². The molecule has 0 aliphatic rings. The molecule has 1 amide bonds. The average molecular weight is 313 g/mol. The van der Waals surface area contributed by atoms with Gasteiger partial charge < -0.3 is 4.90 Å². The Labute approximate surface area is 137 Å². The molecule has 0 aliphatic carbocycles. The first-order valence-electron chi connectivity index (χ1n) is 7.49. The van der Waals surface area contributed by atoms with Gasteiger partial charge in [-0.1, -0.05) is 47.5 Å². The summed E-state index contributed by atoms with van der Waals surface area (Å²) in [6, 6.07) is 16.6. The first kappa shape index (κ1) is 16.6. The maximum atomic E-state index is 12.5. The molecule has 0 aliphatic heterocycles. The fourth-order valence-corrected chi connectivity index (χ4v) is 3.21. The molecule has 0 spiro atoms. The lowest BCUT2D eigenvalue weighted by Gasteiger charge is -2.21. The molecule has 22 heavy (non-hydrogen) atoms. The highest BCUT2D eigenvalue weighted by Crippen LogP contribution is 2.24. The summed E-state index contributed by atoms with van der Waals surface area (Å²) in [5, 5.41) is -0.0850. The quantitative estimate of drug-likeness (QED) is 0.760. The highest BCUT2D eigenvalue weighted by atomic mass is 32.2. The maximum Gasteiger partial charge on any atom is 0.235 e. The summed E-state index contributed by atoms with van der Waals surface area (Å²) in [6.45, 7) is 6.76. The molecule has 0 heterocycles. The van der Waals surface area contributed by atoms with E-state index in [1.54, 1.807) is 16.7 Å². The van der Waals surface area contributed by atoms with Crippen molar-refractivity contribution in [1.29, 1.82) is 0 Å². The Balaban J connectivity index is 1.94. The molecular formula is C19H23NOS. The monoisotopic (exact) mass is 313 g/mol. The molecular weight excluding hydrogens is 290 g/mol. The largest absolute Gasteiger partial charge is 0.340 e. The Hall–Kier alpha value is -1.74. The summed E-state index contributed by atoms with van der Waals surface area (Å²) in [5.41, 5.74) is 3.63. The molecule has 0 bridgehead atoms. The second-order valence-corrected chi connectivity index (χ2v) is 7.17. The zero-order valence-electron chi connectivity index (χ0n) is 13.7. The van der Waals surface area contributed by atoms with Gasteiger partial charge in [0.05, 0.1) is 5.25 Å². The average Bonchev–Trinajstić information content (AvgIpc) is 2.51. The lowest BCUT2D eigenvalue weighted by molar-refractivity contribution is -0.129. The number of carbonyl (C=O) groups is 1. The normalized spacial score (nSPS) is 12.0. The van der Waals surface area contributed by atoms with Gasteiger partial charge in [-0.05, 0) is 38.5 Å². The first-order chi connectivity index (χ1) is 10.5. The van der Waals surface area contributed by atoms with E-state index in [2.05, 4.69) is 62.4 Å². The van der Waals surface area contributed by atoms with Gasteiger partial charge in [-0.15, -0.1) is 11.8 Å². The molecule has 0 fully saturated rings. The van der Waals surface area contributed by atoms with E-state index in [9.17, 15) is 4.79 Å². The molecule has 2 rings (SSSR count). The molecule has 2 aromatic carbocycles. The predicted molar refractivity (Wildman–Crippen MR) is 94.2 cm³/mol. The van der Waals surface area contributed by atoms with Crippen molar-refractivity contribution in [2.24, 2.45) is 0 Å². The summed E-state index contributed by atoms with van der Waals surface area (Å²) in [4.78, 5) is 15.4. The van der Waals surface area contributed by atoms with Crippen molar-refractivity contribution >= 4 is 17.7 Å². The number of benzene rings is 2. The van der Waals surface area contributed by atoms with E-state index in [0.717, 1.165) is 10.5 Å². The summed E-state index contributed by atoms with van der Waals surface area (Å²) in [7, 11) is 1.87. The standard InChI is InChI=1S/C19H23NOS/c1-14-5-9-17(10-6-14)13-20(4)19(21)16(3)22-18-11-7-15(2)8-12-18/h5-12,16H,13H2,1-4H3. The van der Waals surface area contributed by atoms with Crippen LogP contribution in [0.2, 0.25) is 0 Å². The topological polar surface area (TPSA) is 20.3 Å². The second kappa shape index (κ2) is 7.50. The van der Waals surface area contributed by atoms with Crippen LogP contribution in [0.1, 0.15) is 23.6 Å². The molecule has 3 heteroatoms.